The second-order valence-corrected chi connectivity index (χ2v) is 7.17. The molecule has 0 aromatic heterocycles. The van der Waals surface area contributed by atoms with Gasteiger partial charge in [0.25, 0.3) is 0 Å². The molecule has 0 aliphatic heterocycles. The van der Waals surface area contributed by atoms with Crippen molar-refractivity contribution in [2.45, 2.75) is 42.5 Å². The zero-order chi connectivity index (χ0) is 17.1. The van der Waals surface area contributed by atoms with Crippen LogP contribution in [0.3, 0.4) is 0 Å². The minimum Gasteiger partial charge on any atom is -0.406 e. The first-order chi connectivity index (χ1) is 10.6. The molecule has 0 unspecified atom stereocenters. The maximum Gasteiger partial charge on any atom is 0.573 e. The summed E-state index contributed by atoms with van der Waals surface area (Å²) in [5.74, 6) is -0.216. The predicted molar refractivity (Wildman–Crippen MR) is 87.1 cm³/mol. The van der Waals surface area contributed by atoms with Crippen LogP contribution < -0.4 is 10.1 Å². The molecule has 0 spiro atoms. The van der Waals surface area contributed by atoms with Crippen molar-refractivity contribution in [2.24, 2.45) is 0 Å². The molecule has 0 aliphatic rings. The average Bonchev–Trinajstić information content (AvgIpc) is 2.40. The minimum absolute atomic E-state index is 0.0109. The van der Waals surface area contributed by atoms with Crippen molar-refractivity contribution in [3.63, 3.8) is 0 Å². The average molecular weight is 341 g/mol. The fourth-order valence-corrected chi connectivity index (χ4v) is 2.70. The van der Waals surface area contributed by atoms with Gasteiger partial charge >= 0.3 is 6.36 Å². The topological polar surface area (TPSA) is 21.3 Å². The van der Waals surface area contributed by atoms with Gasteiger partial charge in [0.1, 0.15) is 5.75 Å². The van der Waals surface area contributed by atoms with Crippen LogP contribution in [0.5, 0.6) is 5.75 Å². The number of rotatable bonds is 4. The molecule has 1 N–H and O–H groups in total. The SMILES string of the molecule is CC(C)(C)Nc1ccc(Sc2ccc(OC(F)(F)F)cc2)cc1. The van der Waals surface area contributed by atoms with Gasteiger partial charge in [-0.15, -0.1) is 13.2 Å². The number of halogens is 3. The highest BCUT2D eigenvalue weighted by Crippen LogP contribution is 2.31. The summed E-state index contributed by atoms with van der Waals surface area (Å²) in [6.45, 7) is 6.25. The lowest BCUT2D eigenvalue weighted by atomic mass is 10.1. The van der Waals surface area contributed by atoms with Crippen molar-refractivity contribution in [1.82, 2.24) is 0 Å². The van der Waals surface area contributed by atoms with Gasteiger partial charge in [0.15, 0.2) is 0 Å². The van der Waals surface area contributed by atoms with E-state index < -0.39 is 6.36 Å². The van der Waals surface area contributed by atoms with E-state index in [9.17, 15) is 13.2 Å². The Balaban J connectivity index is 1.99. The van der Waals surface area contributed by atoms with Crippen LogP contribution in [-0.4, -0.2) is 11.9 Å². The molecule has 0 bridgehead atoms. The number of nitrogens with one attached hydrogen (secondary N) is 1. The van der Waals surface area contributed by atoms with Crippen molar-refractivity contribution in [1.29, 1.82) is 0 Å². The summed E-state index contributed by atoms with van der Waals surface area (Å²) >= 11 is 1.48. The van der Waals surface area contributed by atoms with Crippen molar-refractivity contribution < 1.29 is 17.9 Å². The number of anilines is 1. The Labute approximate surface area is 138 Å². The quantitative estimate of drug-likeness (QED) is 0.743. The van der Waals surface area contributed by atoms with Crippen LogP contribution in [0.1, 0.15) is 20.8 Å². The van der Waals surface area contributed by atoms with E-state index in [1.54, 1.807) is 12.1 Å². The Hall–Kier alpha value is -1.82. The molecular weight excluding hydrogens is 323 g/mol. The first-order valence-corrected chi connectivity index (χ1v) is 7.84. The molecule has 0 fully saturated rings. The largest absolute Gasteiger partial charge is 0.573 e. The lowest BCUT2D eigenvalue weighted by molar-refractivity contribution is -0.274. The molecule has 0 radical (unpaired) electrons. The number of alkyl halides is 3. The van der Waals surface area contributed by atoms with Gasteiger partial charge in [-0.3, -0.25) is 0 Å². The molecule has 0 amide bonds. The first kappa shape index (κ1) is 17.5. The summed E-state index contributed by atoms with van der Waals surface area (Å²) in [6, 6.07) is 13.7. The van der Waals surface area contributed by atoms with E-state index >= 15 is 0 Å². The molecule has 2 aromatic rings. The number of benzene rings is 2. The molecule has 0 saturated carbocycles. The van der Waals surface area contributed by atoms with E-state index in [1.807, 2.05) is 24.3 Å². The van der Waals surface area contributed by atoms with E-state index in [0.29, 0.717) is 0 Å². The fourth-order valence-electron chi connectivity index (χ4n) is 1.88. The molecule has 2 rings (SSSR count). The highest BCUT2D eigenvalue weighted by atomic mass is 32.2. The third-order valence-corrected chi connectivity index (χ3v) is 3.68. The molecule has 0 heterocycles. The molecule has 0 aliphatic carbocycles. The third kappa shape index (κ3) is 6.44. The molecular formula is C17H18F3NOS. The van der Waals surface area contributed by atoms with Gasteiger partial charge in [-0.2, -0.15) is 0 Å². The predicted octanol–water partition coefficient (Wildman–Crippen LogP) is 5.95. The monoisotopic (exact) mass is 341 g/mol. The van der Waals surface area contributed by atoms with Gasteiger partial charge in [-0.1, -0.05) is 11.8 Å². The molecule has 23 heavy (non-hydrogen) atoms. The van der Waals surface area contributed by atoms with E-state index in [1.165, 1.54) is 23.9 Å². The second-order valence-electron chi connectivity index (χ2n) is 6.02. The zero-order valence-electron chi connectivity index (χ0n) is 13.1. The summed E-state index contributed by atoms with van der Waals surface area (Å²) in [4.78, 5) is 1.85. The lowest BCUT2D eigenvalue weighted by Gasteiger charge is -2.22. The molecule has 124 valence electrons. The van der Waals surface area contributed by atoms with Crippen molar-refractivity contribution in [3.8, 4) is 5.75 Å². The Morgan fingerprint density at radius 1 is 0.826 bits per heavy atom. The van der Waals surface area contributed by atoms with Crippen LogP contribution in [0.25, 0.3) is 0 Å². The second kappa shape index (κ2) is 6.74. The highest BCUT2D eigenvalue weighted by molar-refractivity contribution is 7.99. The van der Waals surface area contributed by atoms with Crippen LogP contribution in [0.2, 0.25) is 0 Å². The van der Waals surface area contributed by atoms with Crippen LogP contribution in [0.15, 0.2) is 58.3 Å². The normalized spacial score (nSPS) is 12.1. The summed E-state index contributed by atoms with van der Waals surface area (Å²) < 4.78 is 40.2. The van der Waals surface area contributed by atoms with Gasteiger partial charge in [0, 0.05) is 21.0 Å². The summed E-state index contributed by atoms with van der Waals surface area (Å²) in [5.41, 5.74) is 1.01. The van der Waals surface area contributed by atoms with Crippen molar-refractivity contribution in [3.05, 3.63) is 48.5 Å². The Morgan fingerprint density at radius 2 is 1.30 bits per heavy atom. The number of hydrogen-bond acceptors (Lipinski definition) is 3. The molecule has 2 nitrogen and oxygen atoms in total. The van der Waals surface area contributed by atoms with E-state index in [4.69, 9.17) is 0 Å². The maximum absolute atomic E-state index is 12.1. The van der Waals surface area contributed by atoms with Crippen molar-refractivity contribution in [2.75, 3.05) is 5.32 Å². The van der Waals surface area contributed by atoms with Crippen LogP contribution in [0.4, 0.5) is 18.9 Å². The third-order valence-electron chi connectivity index (χ3n) is 2.67. The van der Waals surface area contributed by atoms with Crippen LogP contribution in [0, 0.1) is 0 Å². The molecule has 6 heteroatoms. The first-order valence-electron chi connectivity index (χ1n) is 7.03. The van der Waals surface area contributed by atoms with E-state index in [-0.39, 0.29) is 11.3 Å². The highest BCUT2D eigenvalue weighted by Gasteiger charge is 2.30. The van der Waals surface area contributed by atoms with Gasteiger partial charge < -0.3 is 10.1 Å². The fraction of sp³-hybridized carbons (Fsp3) is 0.294. The Morgan fingerprint density at radius 3 is 1.74 bits per heavy atom. The maximum atomic E-state index is 12.1. The number of hydrogen-bond donors (Lipinski definition) is 1. The van der Waals surface area contributed by atoms with Gasteiger partial charge in [0.2, 0.25) is 0 Å². The van der Waals surface area contributed by atoms with E-state index in [2.05, 4.69) is 30.8 Å². The van der Waals surface area contributed by atoms with Gasteiger partial charge in [-0.25, -0.2) is 0 Å². The Kier molecular flexibility index (Phi) is 5.14. The van der Waals surface area contributed by atoms with Crippen molar-refractivity contribution >= 4 is 17.4 Å². The number of ether oxygens (including phenoxy) is 1. The minimum atomic E-state index is -4.66. The lowest BCUT2D eigenvalue weighted by Crippen LogP contribution is -2.25. The molecule has 0 saturated heterocycles. The van der Waals surface area contributed by atoms with Crippen LogP contribution in [-0.2, 0) is 0 Å². The summed E-state index contributed by atoms with van der Waals surface area (Å²) in [5, 5.41) is 3.37. The smallest absolute Gasteiger partial charge is 0.406 e. The summed E-state index contributed by atoms with van der Waals surface area (Å²) in [7, 11) is 0. The van der Waals surface area contributed by atoms with Gasteiger partial charge in [-0.05, 0) is 69.3 Å². The molecule has 2 aromatic carbocycles. The summed E-state index contributed by atoms with van der Waals surface area (Å²) in [6.07, 6.45) is -4.66. The van der Waals surface area contributed by atoms with Gasteiger partial charge in [0.05, 0.1) is 0 Å². The Bertz CT molecular complexity index is 573. The van der Waals surface area contributed by atoms with Crippen LogP contribution >= 0.6 is 11.8 Å². The molecule has 0 atom stereocenters. The standard InChI is InChI=1S/C17H18F3NOS/c1-16(2,3)21-12-4-8-14(9-5-12)23-15-10-6-13(7-11-15)22-17(18,19)20/h4-11,21H,1-3H3. The van der Waals surface area contributed by atoms with E-state index in [0.717, 1.165) is 15.5 Å². The zero-order valence-corrected chi connectivity index (χ0v) is 13.9.